The first-order chi connectivity index (χ1) is 12.0. The lowest BCUT2D eigenvalue weighted by molar-refractivity contribution is -0.133. The number of ether oxygens (including phenoxy) is 2. The number of aromatic hydroxyl groups is 1. The average Bonchev–Trinajstić information content (AvgIpc) is 2.57. The van der Waals surface area contributed by atoms with Crippen LogP contribution in [0.1, 0.15) is 13.8 Å². The quantitative estimate of drug-likeness (QED) is 0.700. The Morgan fingerprint density at radius 2 is 1.68 bits per heavy atom. The van der Waals surface area contributed by atoms with Crippen LogP contribution in [-0.4, -0.2) is 30.1 Å². The van der Waals surface area contributed by atoms with Crippen molar-refractivity contribution in [2.45, 2.75) is 13.8 Å². The Bertz CT molecular complexity index is 761. The summed E-state index contributed by atoms with van der Waals surface area (Å²) in [7, 11) is 0. The topological polar surface area (TPSA) is 96.9 Å². The average molecular weight is 344 g/mol. The monoisotopic (exact) mass is 344 g/mol. The molecule has 0 saturated carbocycles. The highest BCUT2D eigenvalue weighted by Gasteiger charge is 2.17. The Hall–Kier alpha value is -3.22. The zero-order valence-corrected chi connectivity index (χ0v) is 14.0. The number of benzene rings is 2. The van der Waals surface area contributed by atoms with E-state index in [1.54, 1.807) is 30.3 Å². The Kier molecular flexibility index (Phi) is 6.22. The lowest BCUT2D eigenvalue weighted by Crippen LogP contribution is -2.29. The summed E-state index contributed by atoms with van der Waals surface area (Å²) in [6.45, 7) is 4.54. The van der Waals surface area contributed by atoms with Crippen LogP contribution in [0.2, 0.25) is 0 Å². The summed E-state index contributed by atoms with van der Waals surface area (Å²) < 4.78 is 10.8. The Balaban J connectivity index is 2.12. The van der Waals surface area contributed by atoms with Crippen molar-refractivity contribution in [3.8, 4) is 17.2 Å². The number of carbonyl (C=O) groups excluding carboxylic acids is 2. The molecule has 0 fully saturated rings. The van der Waals surface area contributed by atoms with E-state index in [1.807, 2.05) is 13.8 Å². The van der Waals surface area contributed by atoms with Crippen LogP contribution < -0.4 is 20.1 Å². The molecule has 0 unspecified atom stereocenters. The number of anilines is 2. The van der Waals surface area contributed by atoms with Crippen LogP contribution in [0.5, 0.6) is 17.2 Å². The SMILES string of the molecule is CCOc1ccc(OCC)c(NC(=O)C(=O)Nc2cccc(O)c2)c1. The molecule has 2 aromatic carbocycles. The maximum atomic E-state index is 12.1. The zero-order valence-electron chi connectivity index (χ0n) is 14.0. The molecule has 2 amide bonds. The van der Waals surface area contributed by atoms with Crippen molar-refractivity contribution in [3.05, 3.63) is 42.5 Å². The molecule has 3 N–H and O–H groups in total. The van der Waals surface area contributed by atoms with Gasteiger partial charge in [-0.2, -0.15) is 0 Å². The molecule has 0 atom stereocenters. The van der Waals surface area contributed by atoms with E-state index in [1.165, 1.54) is 12.1 Å². The summed E-state index contributed by atoms with van der Waals surface area (Å²) in [6.07, 6.45) is 0. The Labute approximate surface area is 145 Å². The third-order valence-corrected chi connectivity index (χ3v) is 3.12. The van der Waals surface area contributed by atoms with Crippen LogP contribution >= 0.6 is 0 Å². The van der Waals surface area contributed by atoms with Crippen molar-refractivity contribution >= 4 is 23.2 Å². The van der Waals surface area contributed by atoms with Crippen LogP contribution in [-0.2, 0) is 9.59 Å². The highest BCUT2D eigenvalue weighted by atomic mass is 16.5. The van der Waals surface area contributed by atoms with Crippen LogP contribution in [0.15, 0.2) is 42.5 Å². The molecule has 7 heteroatoms. The molecule has 7 nitrogen and oxygen atoms in total. The summed E-state index contributed by atoms with van der Waals surface area (Å²) in [4.78, 5) is 24.2. The minimum absolute atomic E-state index is 0.0127. The molecular formula is C18H20N2O5. The summed E-state index contributed by atoms with van der Waals surface area (Å²) in [6, 6.07) is 10.9. The van der Waals surface area contributed by atoms with Gasteiger partial charge in [-0.15, -0.1) is 0 Å². The van der Waals surface area contributed by atoms with Gasteiger partial charge in [-0.25, -0.2) is 0 Å². The van der Waals surface area contributed by atoms with Crippen molar-refractivity contribution < 1.29 is 24.2 Å². The van der Waals surface area contributed by atoms with Crippen molar-refractivity contribution in [2.75, 3.05) is 23.8 Å². The normalized spacial score (nSPS) is 10.0. The van der Waals surface area contributed by atoms with E-state index in [9.17, 15) is 14.7 Å². The number of carbonyl (C=O) groups is 2. The maximum Gasteiger partial charge on any atom is 0.314 e. The van der Waals surface area contributed by atoms with Gasteiger partial charge in [0.15, 0.2) is 0 Å². The van der Waals surface area contributed by atoms with Gasteiger partial charge < -0.3 is 25.2 Å². The van der Waals surface area contributed by atoms with Crippen LogP contribution in [0.3, 0.4) is 0 Å². The predicted molar refractivity (Wildman–Crippen MR) is 94.1 cm³/mol. The van der Waals surface area contributed by atoms with Gasteiger partial charge in [0, 0.05) is 17.8 Å². The highest BCUT2D eigenvalue weighted by molar-refractivity contribution is 6.43. The van der Waals surface area contributed by atoms with E-state index in [0.717, 1.165) is 0 Å². The summed E-state index contributed by atoms with van der Waals surface area (Å²) in [5, 5.41) is 14.3. The van der Waals surface area contributed by atoms with Crippen molar-refractivity contribution in [2.24, 2.45) is 0 Å². The van der Waals surface area contributed by atoms with Crippen LogP contribution in [0.4, 0.5) is 11.4 Å². The van der Waals surface area contributed by atoms with Gasteiger partial charge in [-0.05, 0) is 38.1 Å². The number of hydrogen-bond donors (Lipinski definition) is 3. The molecule has 132 valence electrons. The van der Waals surface area contributed by atoms with Gasteiger partial charge in [0.25, 0.3) is 0 Å². The Morgan fingerprint density at radius 1 is 0.960 bits per heavy atom. The number of hydrogen-bond acceptors (Lipinski definition) is 5. The van der Waals surface area contributed by atoms with Gasteiger partial charge in [0.1, 0.15) is 17.2 Å². The number of phenols is 1. The lowest BCUT2D eigenvalue weighted by Gasteiger charge is -2.13. The zero-order chi connectivity index (χ0) is 18.2. The minimum Gasteiger partial charge on any atom is -0.508 e. The summed E-state index contributed by atoms with van der Waals surface area (Å²) in [5.41, 5.74) is 0.650. The van der Waals surface area contributed by atoms with Gasteiger partial charge in [-0.1, -0.05) is 6.07 Å². The molecule has 0 bridgehead atoms. The summed E-state index contributed by atoms with van der Waals surface area (Å²) in [5.74, 6) is -0.756. The standard InChI is InChI=1S/C18H20N2O5/c1-3-24-14-8-9-16(25-4-2)15(11-14)20-18(23)17(22)19-12-6-5-7-13(21)10-12/h5-11,21H,3-4H2,1-2H3,(H,19,22)(H,20,23). The molecule has 25 heavy (non-hydrogen) atoms. The number of rotatable bonds is 6. The molecule has 2 rings (SSSR count). The van der Waals surface area contributed by atoms with E-state index >= 15 is 0 Å². The second-order valence-corrected chi connectivity index (χ2v) is 4.98. The molecule has 0 radical (unpaired) electrons. The smallest absolute Gasteiger partial charge is 0.314 e. The van der Waals surface area contributed by atoms with Crippen LogP contribution in [0, 0.1) is 0 Å². The molecule has 0 spiro atoms. The molecule has 0 aromatic heterocycles. The number of phenolic OH excluding ortho intramolecular Hbond substituents is 1. The van der Waals surface area contributed by atoms with E-state index in [4.69, 9.17) is 9.47 Å². The third kappa shape index (κ3) is 5.13. The second-order valence-electron chi connectivity index (χ2n) is 4.98. The fourth-order valence-electron chi connectivity index (χ4n) is 2.10. The fraction of sp³-hybridized carbons (Fsp3) is 0.222. The molecule has 0 heterocycles. The van der Waals surface area contributed by atoms with E-state index < -0.39 is 11.8 Å². The van der Waals surface area contributed by atoms with Crippen molar-refractivity contribution in [1.82, 2.24) is 0 Å². The van der Waals surface area contributed by atoms with E-state index in [0.29, 0.717) is 36.1 Å². The first kappa shape index (κ1) is 18.1. The van der Waals surface area contributed by atoms with Gasteiger partial charge >= 0.3 is 11.8 Å². The van der Waals surface area contributed by atoms with Gasteiger partial charge in [0.2, 0.25) is 0 Å². The largest absolute Gasteiger partial charge is 0.508 e. The molecule has 0 aliphatic heterocycles. The second kappa shape index (κ2) is 8.58. The van der Waals surface area contributed by atoms with E-state index in [-0.39, 0.29) is 5.75 Å². The molecule has 0 saturated heterocycles. The lowest BCUT2D eigenvalue weighted by atomic mass is 10.2. The first-order valence-corrected chi connectivity index (χ1v) is 7.84. The Morgan fingerprint density at radius 3 is 2.36 bits per heavy atom. The number of amides is 2. The van der Waals surface area contributed by atoms with Crippen molar-refractivity contribution in [3.63, 3.8) is 0 Å². The van der Waals surface area contributed by atoms with Gasteiger partial charge in [0.05, 0.1) is 18.9 Å². The highest BCUT2D eigenvalue weighted by Crippen LogP contribution is 2.29. The first-order valence-electron chi connectivity index (χ1n) is 7.84. The van der Waals surface area contributed by atoms with Crippen LogP contribution in [0.25, 0.3) is 0 Å². The summed E-state index contributed by atoms with van der Waals surface area (Å²) >= 11 is 0. The minimum atomic E-state index is -0.866. The maximum absolute atomic E-state index is 12.1. The predicted octanol–water partition coefficient (Wildman–Crippen LogP) is 2.77. The van der Waals surface area contributed by atoms with E-state index in [2.05, 4.69) is 10.6 Å². The molecule has 2 aromatic rings. The third-order valence-electron chi connectivity index (χ3n) is 3.12. The number of nitrogens with one attached hydrogen (secondary N) is 2. The van der Waals surface area contributed by atoms with Crippen molar-refractivity contribution in [1.29, 1.82) is 0 Å². The fourth-order valence-corrected chi connectivity index (χ4v) is 2.10. The molecule has 0 aliphatic carbocycles. The molecular weight excluding hydrogens is 324 g/mol. The van der Waals surface area contributed by atoms with Gasteiger partial charge in [-0.3, -0.25) is 9.59 Å². The molecule has 0 aliphatic rings.